The van der Waals surface area contributed by atoms with Gasteiger partial charge in [-0.05, 0) is 50.2 Å². The number of nitrogens with one attached hydrogen (secondary N) is 2. The van der Waals surface area contributed by atoms with Gasteiger partial charge >= 0.3 is 6.03 Å². The van der Waals surface area contributed by atoms with Gasteiger partial charge in [0, 0.05) is 5.54 Å². The van der Waals surface area contributed by atoms with Crippen LogP contribution in [0.2, 0.25) is 0 Å². The number of amides is 2. The van der Waals surface area contributed by atoms with Crippen molar-refractivity contribution in [3.8, 4) is 0 Å². The second-order valence-corrected chi connectivity index (χ2v) is 4.78. The predicted molar refractivity (Wildman–Crippen MR) is 57.8 cm³/mol. The number of primary amides is 1. The number of carbonyl (C=O) groups is 1. The Balaban J connectivity index is 1.90. The molecule has 2 fully saturated rings. The number of carbonyl (C=O) groups excluding carboxylic acids is 1. The van der Waals surface area contributed by atoms with Crippen LogP contribution in [0.15, 0.2) is 0 Å². The van der Waals surface area contributed by atoms with Crippen molar-refractivity contribution in [2.45, 2.75) is 37.6 Å². The van der Waals surface area contributed by atoms with Crippen LogP contribution in [0.5, 0.6) is 0 Å². The molecule has 0 aromatic heterocycles. The third-order valence-electron chi connectivity index (χ3n) is 3.36. The van der Waals surface area contributed by atoms with Crippen LogP contribution in [0.3, 0.4) is 0 Å². The van der Waals surface area contributed by atoms with Crippen molar-refractivity contribution in [3.63, 3.8) is 0 Å². The van der Waals surface area contributed by atoms with Crippen molar-refractivity contribution in [1.29, 1.82) is 0 Å². The van der Waals surface area contributed by atoms with E-state index in [-0.39, 0.29) is 5.54 Å². The molecule has 2 rings (SSSR count). The molecule has 14 heavy (non-hydrogen) atoms. The van der Waals surface area contributed by atoms with E-state index >= 15 is 0 Å². The first kappa shape index (κ1) is 9.71. The number of rotatable bonds is 1. The van der Waals surface area contributed by atoms with Crippen molar-refractivity contribution < 1.29 is 4.79 Å². The van der Waals surface area contributed by atoms with Crippen LogP contribution in [0, 0.1) is 5.92 Å². The highest BCUT2D eigenvalue weighted by molar-refractivity contribution is 7.80. The fraction of sp³-hybridized carbons (Fsp3) is 0.778. The fourth-order valence-corrected chi connectivity index (χ4v) is 3.07. The summed E-state index contributed by atoms with van der Waals surface area (Å²) >= 11 is 5.00. The summed E-state index contributed by atoms with van der Waals surface area (Å²) < 4.78 is 0. The lowest BCUT2D eigenvalue weighted by atomic mass is 9.94. The van der Waals surface area contributed by atoms with Gasteiger partial charge in [-0.15, -0.1) is 0 Å². The Morgan fingerprint density at radius 1 is 1.43 bits per heavy atom. The van der Waals surface area contributed by atoms with Crippen molar-refractivity contribution in [2.75, 3.05) is 0 Å². The molecule has 5 heteroatoms. The maximum atomic E-state index is 10.6. The molecule has 2 amide bonds. The lowest BCUT2D eigenvalue weighted by molar-refractivity contribution is 0.252. The summed E-state index contributed by atoms with van der Waals surface area (Å²) in [5, 5.41) is 6.02. The van der Waals surface area contributed by atoms with Gasteiger partial charge in [0.1, 0.15) is 0 Å². The van der Waals surface area contributed by atoms with E-state index in [2.05, 4.69) is 10.6 Å². The largest absolute Gasteiger partial charge is 0.357 e. The van der Waals surface area contributed by atoms with E-state index in [9.17, 15) is 4.79 Å². The van der Waals surface area contributed by atoms with Crippen molar-refractivity contribution in [2.24, 2.45) is 11.7 Å². The molecule has 4 N–H and O–H groups in total. The van der Waals surface area contributed by atoms with E-state index in [1.54, 1.807) is 0 Å². The van der Waals surface area contributed by atoms with Gasteiger partial charge in [-0.1, -0.05) is 0 Å². The summed E-state index contributed by atoms with van der Waals surface area (Å²) in [6.07, 6.45) is 6.09. The molecule has 2 saturated carbocycles. The number of thiocarbonyl (C=S) groups is 1. The molecule has 0 spiro atoms. The Labute approximate surface area is 88.6 Å². The second-order valence-electron chi connectivity index (χ2n) is 4.37. The number of urea groups is 1. The van der Waals surface area contributed by atoms with Gasteiger partial charge in [-0.3, -0.25) is 5.32 Å². The molecule has 0 aliphatic heterocycles. The number of fused-ring (bicyclic) bond motifs is 2. The Bertz CT molecular complexity index is 271. The summed E-state index contributed by atoms with van der Waals surface area (Å²) in [7, 11) is 0. The maximum Gasteiger partial charge on any atom is 0.318 e. The highest BCUT2D eigenvalue weighted by atomic mass is 32.1. The molecule has 2 aliphatic carbocycles. The Morgan fingerprint density at radius 3 is 2.50 bits per heavy atom. The SMILES string of the molecule is NC(=O)NC(=S)NC12CCC(CC1)C2. The van der Waals surface area contributed by atoms with Gasteiger partial charge in [0.05, 0.1) is 0 Å². The molecule has 0 aromatic carbocycles. The van der Waals surface area contributed by atoms with Crippen LogP contribution in [0.25, 0.3) is 0 Å². The molecule has 2 bridgehead atoms. The predicted octanol–water partition coefficient (Wildman–Crippen LogP) is 0.862. The highest BCUT2D eigenvalue weighted by Crippen LogP contribution is 2.47. The zero-order valence-electron chi connectivity index (χ0n) is 8.01. The van der Waals surface area contributed by atoms with E-state index in [4.69, 9.17) is 18.0 Å². The van der Waals surface area contributed by atoms with Crippen LogP contribution < -0.4 is 16.4 Å². The highest BCUT2D eigenvalue weighted by Gasteiger charge is 2.45. The smallest absolute Gasteiger partial charge is 0.318 e. The molecule has 4 nitrogen and oxygen atoms in total. The first-order valence-corrected chi connectivity index (χ1v) is 5.39. The van der Waals surface area contributed by atoms with Crippen LogP contribution in [-0.4, -0.2) is 16.7 Å². The van der Waals surface area contributed by atoms with Gasteiger partial charge in [0.2, 0.25) is 0 Å². The Hall–Kier alpha value is -0.840. The van der Waals surface area contributed by atoms with E-state index in [1.165, 1.54) is 19.3 Å². The summed E-state index contributed by atoms with van der Waals surface area (Å²) in [6, 6.07) is -0.591. The minimum absolute atomic E-state index is 0.157. The number of nitrogens with two attached hydrogens (primary N) is 1. The van der Waals surface area contributed by atoms with Crippen LogP contribution in [0.1, 0.15) is 32.1 Å². The van der Waals surface area contributed by atoms with Gasteiger partial charge in [-0.2, -0.15) is 0 Å². The van der Waals surface area contributed by atoms with Crippen LogP contribution >= 0.6 is 12.2 Å². The standard InChI is InChI=1S/C9H15N3OS/c10-7(13)11-8(14)12-9-3-1-6(5-9)2-4-9/h6H,1-5H2,(H4,10,11,12,13,14). The molecule has 2 aliphatic rings. The molecule has 78 valence electrons. The molecule has 0 saturated heterocycles. The quantitative estimate of drug-likeness (QED) is 0.566. The average molecular weight is 213 g/mol. The number of hydrogen-bond donors (Lipinski definition) is 3. The van der Waals surface area contributed by atoms with E-state index in [0.717, 1.165) is 18.8 Å². The normalized spacial score (nSPS) is 34.1. The lowest BCUT2D eigenvalue weighted by Crippen LogP contribution is -2.51. The zero-order valence-corrected chi connectivity index (χ0v) is 8.82. The monoisotopic (exact) mass is 213 g/mol. The molecule has 0 atom stereocenters. The summed E-state index contributed by atoms with van der Waals surface area (Å²) in [5.74, 6) is 0.860. The Kier molecular flexibility index (Phi) is 2.34. The van der Waals surface area contributed by atoms with Gasteiger partial charge in [0.15, 0.2) is 5.11 Å². The van der Waals surface area contributed by atoms with Crippen molar-refractivity contribution in [3.05, 3.63) is 0 Å². The van der Waals surface area contributed by atoms with Crippen LogP contribution in [-0.2, 0) is 0 Å². The van der Waals surface area contributed by atoms with Crippen molar-refractivity contribution in [1.82, 2.24) is 10.6 Å². The summed E-state index contributed by atoms with van der Waals surface area (Å²) in [6.45, 7) is 0. The summed E-state index contributed by atoms with van der Waals surface area (Å²) in [5.41, 5.74) is 5.14. The molecular weight excluding hydrogens is 198 g/mol. The van der Waals surface area contributed by atoms with Gasteiger partial charge in [0.25, 0.3) is 0 Å². The minimum Gasteiger partial charge on any atom is -0.357 e. The fourth-order valence-electron chi connectivity index (χ4n) is 2.75. The molecule has 0 aromatic rings. The van der Waals surface area contributed by atoms with Gasteiger partial charge < -0.3 is 11.1 Å². The average Bonchev–Trinajstić information content (AvgIpc) is 2.60. The van der Waals surface area contributed by atoms with Gasteiger partial charge in [-0.25, -0.2) is 4.79 Å². The van der Waals surface area contributed by atoms with Crippen LogP contribution in [0.4, 0.5) is 4.79 Å². The topological polar surface area (TPSA) is 67.2 Å². The molecule has 0 radical (unpaired) electrons. The zero-order chi connectivity index (χ0) is 10.2. The lowest BCUT2D eigenvalue weighted by Gasteiger charge is -2.29. The number of hydrogen-bond acceptors (Lipinski definition) is 2. The molecular formula is C9H15N3OS. The van der Waals surface area contributed by atoms with E-state index < -0.39 is 6.03 Å². The minimum atomic E-state index is -0.591. The van der Waals surface area contributed by atoms with Crippen molar-refractivity contribution >= 4 is 23.4 Å². The molecule has 0 heterocycles. The van der Waals surface area contributed by atoms with E-state index in [0.29, 0.717) is 5.11 Å². The first-order chi connectivity index (χ1) is 6.60. The first-order valence-electron chi connectivity index (χ1n) is 4.98. The maximum absolute atomic E-state index is 10.6. The third-order valence-corrected chi connectivity index (χ3v) is 3.56. The summed E-state index contributed by atoms with van der Waals surface area (Å²) in [4.78, 5) is 10.6. The van der Waals surface area contributed by atoms with E-state index in [1.807, 2.05) is 0 Å². The second kappa shape index (κ2) is 3.38. The Morgan fingerprint density at radius 2 is 2.07 bits per heavy atom. The third kappa shape index (κ3) is 1.82. The molecule has 0 unspecified atom stereocenters.